The highest BCUT2D eigenvalue weighted by molar-refractivity contribution is 9.10. The zero-order valence-electron chi connectivity index (χ0n) is 11.5. The fourth-order valence-corrected chi connectivity index (χ4v) is 3.04. The molecule has 0 bridgehead atoms. The van der Waals surface area contributed by atoms with E-state index >= 15 is 0 Å². The first kappa shape index (κ1) is 14.0. The minimum Gasteiger partial charge on any atom is -0.313 e. The van der Waals surface area contributed by atoms with Gasteiger partial charge in [0.1, 0.15) is 0 Å². The van der Waals surface area contributed by atoms with E-state index in [1.54, 1.807) is 0 Å². The molecule has 1 unspecified atom stereocenters. The third-order valence-electron chi connectivity index (χ3n) is 3.57. The minimum atomic E-state index is 0.660. The summed E-state index contributed by atoms with van der Waals surface area (Å²) in [5, 5.41) is 8.09. The number of halogens is 1. The van der Waals surface area contributed by atoms with E-state index in [9.17, 15) is 0 Å². The van der Waals surface area contributed by atoms with Gasteiger partial charge in [0.25, 0.3) is 0 Å². The molecule has 1 fully saturated rings. The summed E-state index contributed by atoms with van der Waals surface area (Å²) in [6, 6.07) is 0.660. The van der Waals surface area contributed by atoms with Gasteiger partial charge in [-0.25, -0.2) is 0 Å². The van der Waals surface area contributed by atoms with Gasteiger partial charge in [0, 0.05) is 25.7 Å². The molecule has 1 aromatic heterocycles. The van der Waals surface area contributed by atoms with E-state index in [1.807, 2.05) is 0 Å². The molecule has 0 aliphatic carbocycles. The van der Waals surface area contributed by atoms with E-state index in [4.69, 9.17) is 0 Å². The molecule has 4 nitrogen and oxygen atoms in total. The highest BCUT2D eigenvalue weighted by Crippen LogP contribution is 2.22. The maximum atomic E-state index is 4.54. The molecule has 2 rings (SSSR count). The molecular weight excluding hydrogens is 292 g/mol. The van der Waals surface area contributed by atoms with Crippen molar-refractivity contribution in [3.8, 4) is 0 Å². The number of hydrogen-bond donors (Lipinski definition) is 1. The van der Waals surface area contributed by atoms with Crippen molar-refractivity contribution in [2.45, 2.75) is 45.8 Å². The van der Waals surface area contributed by atoms with Crippen LogP contribution >= 0.6 is 15.9 Å². The number of rotatable bonds is 5. The molecule has 1 aliphatic rings. The third-order valence-corrected chi connectivity index (χ3v) is 4.60. The summed E-state index contributed by atoms with van der Waals surface area (Å²) in [5.41, 5.74) is 2.37. The predicted octanol–water partition coefficient (Wildman–Crippen LogP) is 2.16. The Morgan fingerprint density at radius 2 is 2.33 bits per heavy atom. The predicted molar refractivity (Wildman–Crippen MR) is 77.7 cm³/mol. The van der Waals surface area contributed by atoms with Gasteiger partial charge >= 0.3 is 0 Å². The number of aromatic nitrogens is 2. The van der Waals surface area contributed by atoms with Gasteiger partial charge in [0.05, 0.1) is 15.9 Å². The van der Waals surface area contributed by atoms with Gasteiger partial charge in [-0.2, -0.15) is 5.10 Å². The van der Waals surface area contributed by atoms with Crippen molar-refractivity contribution in [2.75, 3.05) is 20.1 Å². The number of aryl methyl sites for hydroxylation is 2. The van der Waals surface area contributed by atoms with Crippen LogP contribution in [0, 0.1) is 6.92 Å². The molecular formula is C13H23BrN4. The maximum absolute atomic E-state index is 4.54. The van der Waals surface area contributed by atoms with Crippen molar-refractivity contribution in [1.29, 1.82) is 0 Å². The van der Waals surface area contributed by atoms with Crippen LogP contribution in [0.1, 0.15) is 31.2 Å². The zero-order valence-corrected chi connectivity index (χ0v) is 13.1. The monoisotopic (exact) mass is 314 g/mol. The molecule has 1 aromatic rings. The van der Waals surface area contributed by atoms with Crippen molar-refractivity contribution >= 4 is 15.9 Å². The maximum Gasteiger partial charge on any atom is 0.0739 e. The van der Waals surface area contributed by atoms with Crippen molar-refractivity contribution < 1.29 is 0 Å². The summed E-state index contributed by atoms with van der Waals surface area (Å²) >= 11 is 3.66. The fourth-order valence-electron chi connectivity index (χ4n) is 2.63. The summed E-state index contributed by atoms with van der Waals surface area (Å²) in [5.74, 6) is 0. The Morgan fingerprint density at radius 1 is 1.56 bits per heavy atom. The number of nitrogens with one attached hydrogen (secondary N) is 1. The number of nitrogens with zero attached hydrogens (tertiary/aromatic N) is 3. The lowest BCUT2D eigenvalue weighted by Crippen LogP contribution is -2.35. The van der Waals surface area contributed by atoms with Gasteiger partial charge in [0.2, 0.25) is 0 Å². The van der Waals surface area contributed by atoms with Crippen LogP contribution in [0.4, 0.5) is 0 Å². The average Bonchev–Trinajstić information content (AvgIpc) is 2.92. The van der Waals surface area contributed by atoms with Crippen LogP contribution < -0.4 is 5.32 Å². The summed E-state index contributed by atoms with van der Waals surface area (Å²) < 4.78 is 3.26. The molecule has 5 heteroatoms. The molecule has 0 amide bonds. The Kier molecular flexibility index (Phi) is 4.81. The Labute approximate surface area is 118 Å². The third kappa shape index (κ3) is 3.13. The van der Waals surface area contributed by atoms with Gasteiger partial charge < -0.3 is 5.32 Å². The summed E-state index contributed by atoms with van der Waals surface area (Å²) in [6.07, 6.45) is 2.62. The van der Waals surface area contributed by atoms with Gasteiger partial charge in [-0.15, -0.1) is 0 Å². The Morgan fingerprint density at radius 3 is 2.94 bits per heavy atom. The zero-order chi connectivity index (χ0) is 13.1. The first-order chi connectivity index (χ1) is 8.61. The van der Waals surface area contributed by atoms with E-state index < -0.39 is 0 Å². The van der Waals surface area contributed by atoms with Crippen LogP contribution in [0.2, 0.25) is 0 Å². The van der Waals surface area contributed by atoms with Crippen LogP contribution in [0.15, 0.2) is 4.47 Å². The molecule has 0 radical (unpaired) electrons. The fraction of sp³-hybridized carbons (Fsp3) is 0.769. The minimum absolute atomic E-state index is 0.660. The Hall–Kier alpha value is -0.390. The van der Waals surface area contributed by atoms with E-state index in [-0.39, 0.29) is 0 Å². The summed E-state index contributed by atoms with van der Waals surface area (Å²) in [4.78, 5) is 2.39. The van der Waals surface area contributed by atoms with Gasteiger partial charge in [-0.1, -0.05) is 0 Å². The average molecular weight is 315 g/mol. The molecule has 0 saturated carbocycles. The lowest BCUT2D eigenvalue weighted by atomic mass is 10.2. The molecule has 1 saturated heterocycles. The van der Waals surface area contributed by atoms with Crippen LogP contribution in [-0.4, -0.2) is 40.9 Å². The molecule has 1 atom stereocenters. The second-order valence-corrected chi connectivity index (χ2v) is 5.94. The first-order valence-electron chi connectivity index (χ1n) is 6.75. The van der Waals surface area contributed by atoms with Crippen LogP contribution in [0.3, 0.4) is 0 Å². The molecule has 102 valence electrons. The highest BCUT2D eigenvalue weighted by Gasteiger charge is 2.18. The second-order valence-electron chi connectivity index (χ2n) is 5.15. The van der Waals surface area contributed by atoms with Crippen LogP contribution in [-0.2, 0) is 13.1 Å². The number of hydrogen-bond acceptors (Lipinski definition) is 3. The van der Waals surface area contributed by atoms with Gasteiger partial charge in [0.15, 0.2) is 0 Å². The van der Waals surface area contributed by atoms with Crippen molar-refractivity contribution in [2.24, 2.45) is 0 Å². The molecule has 0 aromatic carbocycles. The molecule has 1 aliphatic heterocycles. The van der Waals surface area contributed by atoms with Crippen molar-refractivity contribution in [1.82, 2.24) is 20.0 Å². The van der Waals surface area contributed by atoms with E-state index in [1.165, 1.54) is 25.1 Å². The highest BCUT2D eigenvalue weighted by atomic mass is 79.9. The van der Waals surface area contributed by atoms with E-state index in [0.29, 0.717) is 6.04 Å². The molecule has 18 heavy (non-hydrogen) atoms. The molecule has 1 N–H and O–H groups in total. The molecule has 0 spiro atoms. The van der Waals surface area contributed by atoms with E-state index in [0.717, 1.165) is 29.8 Å². The second kappa shape index (κ2) is 6.17. The van der Waals surface area contributed by atoms with E-state index in [2.05, 4.69) is 56.8 Å². The quantitative estimate of drug-likeness (QED) is 0.904. The smallest absolute Gasteiger partial charge is 0.0739 e. The standard InChI is InChI=1S/C13H23BrN4/c1-4-18-12(13(14)10(2)16-18)9-17(3)8-11-6-5-7-15-11/h11,15H,4-9H2,1-3H3. The normalized spacial score (nSPS) is 19.9. The van der Waals surface area contributed by atoms with Crippen molar-refractivity contribution in [3.05, 3.63) is 15.9 Å². The summed E-state index contributed by atoms with van der Waals surface area (Å²) in [6.45, 7) is 8.36. The van der Waals surface area contributed by atoms with Crippen LogP contribution in [0.25, 0.3) is 0 Å². The largest absolute Gasteiger partial charge is 0.313 e. The number of likely N-dealkylation sites (N-methyl/N-ethyl adjacent to an activating group) is 1. The molecule has 2 heterocycles. The summed E-state index contributed by atoms with van der Waals surface area (Å²) in [7, 11) is 2.19. The van der Waals surface area contributed by atoms with Crippen LogP contribution in [0.5, 0.6) is 0 Å². The lowest BCUT2D eigenvalue weighted by Gasteiger charge is -2.21. The lowest BCUT2D eigenvalue weighted by molar-refractivity contribution is 0.284. The SMILES string of the molecule is CCn1nc(C)c(Br)c1CN(C)CC1CCCN1. The first-order valence-corrected chi connectivity index (χ1v) is 7.54. The topological polar surface area (TPSA) is 33.1 Å². The Balaban J connectivity index is 1.99. The van der Waals surface area contributed by atoms with Crippen molar-refractivity contribution in [3.63, 3.8) is 0 Å². The van der Waals surface area contributed by atoms with Gasteiger partial charge in [-0.3, -0.25) is 9.58 Å². The van der Waals surface area contributed by atoms with Gasteiger partial charge in [-0.05, 0) is 56.2 Å². The Bertz CT molecular complexity index is 396.